The molecule has 0 spiro atoms. The van der Waals surface area contributed by atoms with Gasteiger partial charge < -0.3 is 19.6 Å². The smallest absolute Gasteiger partial charge is 0.335 e. The Morgan fingerprint density at radius 3 is 2.95 bits per heavy atom. The first kappa shape index (κ1) is 14.1. The summed E-state index contributed by atoms with van der Waals surface area (Å²) in [4.78, 5) is 10.8. The van der Waals surface area contributed by atoms with Gasteiger partial charge in [-0.05, 0) is 37.3 Å². The van der Waals surface area contributed by atoms with Crippen molar-refractivity contribution in [1.29, 1.82) is 0 Å². The maximum atomic E-state index is 10.8. The zero-order chi connectivity index (χ0) is 14.4. The number of furan rings is 1. The van der Waals surface area contributed by atoms with Crippen LogP contribution in [0.5, 0.6) is 5.75 Å². The van der Waals surface area contributed by atoms with E-state index in [-0.39, 0.29) is 11.6 Å². The van der Waals surface area contributed by atoms with Crippen LogP contribution in [0.15, 0.2) is 47.1 Å². The van der Waals surface area contributed by atoms with Crippen LogP contribution in [0.25, 0.3) is 0 Å². The van der Waals surface area contributed by atoms with E-state index in [1.807, 2.05) is 19.1 Å². The topological polar surface area (TPSA) is 71.7 Å². The molecule has 2 N–H and O–H groups in total. The quantitative estimate of drug-likeness (QED) is 0.760. The lowest BCUT2D eigenvalue weighted by Crippen LogP contribution is -2.24. The Hall–Kier alpha value is -2.27. The number of nitrogens with one attached hydrogen (secondary N) is 1. The van der Waals surface area contributed by atoms with Crippen LogP contribution in [-0.2, 0) is 0 Å². The van der Waals surface area contributed by atoms with Crippen molar-refractivity contribution in [2.45, 2.75) is 13.0 Å². The molecule has 5 nitrogen and oxygen atoms in total. The first-order valence-electron chi connectivity index (χ1n) is 6.40. The van der Waals surface area contributed by atoms with Crippen LogP contribution in [0.2, 0.25) is 0 Å². The van der Waals surface area contributed by atoms with Gasteiger partial charge in [0.1, 0.15) is 18.1 Å². The molecule has 0 radical (unpaired) electrons. The van der Waals surface area contributed by atoms with Gasteiger partial charge in [-0.25, -0.2) is 4.79 Å². The van der Waals surface area contributed by atoms with E-state index < -0.39 is 5.97 Å². The molecule has 106 valence electrons. The van der Waals surface area contributed by atoms with Gasteiger partial charge in [0.25, 0.3) is 0 Å². The Balaban J connectivity index is 1.76. The Bertz CT molecular complexity index is 551. The number of benzene rings is 1. The van der Waals surface area contributed by atoms with E-state index in [0.29, 0.717) is 18.9 Å². The summed E-state index contributed by atoms with van der Waals surface area (Å²) in [6.07, 6.45) is 1.64. The van der Waals surface area contributed by atoms with Crippen LogP contribution in [0.4, 0.5) is 0 Å². The highest BCUT2D eigenvalue weighted by atomic mass is 16.5. The van der Waals surface area contributed by atoms with Gasteiger partial charge in [0.2, 0.25) is 0 Å². The minimum atomic E-state index is -0.958. The number of carboxylic acids is 1. The van der Waals surface area contributed by atoms with Gasteiger partial charge in [0.05, 0.1) is 17.9 Å². The Morgan fingerprint density at radius 2 is 2.25 bits per heavy atom. The van der Waals surface area contributed by atoms with Crippen molar-refractivity contribution in [2.24, 2.45) is 0 Å². The normalized spacial score (nSPS) is 12.1. The summed E-state index contributed by atoms with van der Waals surface area (Å²) in [5.41, 5.74) is 0.222. The van der Waals surface area contributed by atoms with E-state index in [4.69, 9.17) is 14.3 Å². The van der Waals surface area contributed by atoms with Gasteiger partial charge in [-0.15, -0.1) is 0 Å². The van der Waals surface area contributed by atoms with Crippen molar-refractivity contribution in [3.8, 4) is 5.75 Å². The van der Waals surface area contributed by atoms with Gasteiger partial charge in [-0.2, -0.15) is 0 Å². The zero-order valence-corrected chi connectivity index (χ0v) is 11.2. The molecule has 1 aromatic carbocycles. The monoisotopic (exact) mass is 275 g/mol. The molecule has 1 heterocycles. The van der Waals surface area contributed by atoms with E-state index in [1.165, 1.54) is 12.1 Å². The largest absolute Gasteiger partial charge is 0.492 e. The van der Waals surface area contributed by atoms with Gasteiger partial charge in [0, 0.05) is 6.54 Å². The van der Waals surface area contributed by atoms with E-state index >= 15 is 0 Å². The van der Waals surface area contributed by atoms with E-state index in [0.717, 1.165) is 5.76 Å². The molecule has 0 bridgehead atoms. The summed E-state index contributed by atoms with van der Waals surface area (Å²) in [6, 6.07) is 10.3. The molecule has 2 aromatic rings. The van der Waals surface area contributed by atoms with Gasteiger partial charge in [-0.3, -0.25) is 0 Å². The molecule has 0 amide bonds. The van der Waals surface area contributed by atoms with E-state index in [9.17, 15) is 4.79 Å². The molecule has 0 fully saturated rings. The highest BCUT2D eigenvalue weighted by Gasteiger charge is 2.07. The number of ether oxygens (including phenoxy) is 1. The van der Waals surface area contributed by atoms with Gasteiger partial charge in [0.15, 0.2) is 0 Å². The van der Waals surface area contributed by atoms with Crippen LogP contribution in [0.3, 0.4) is 0 Å². The predicted octanol–water partition coefficient (Wildman–Crippen LogP) is 2.71. The molecule has 0 unspecified atom stereocenters. The number of carboxylic acid groups (broad SMARTS) is 1. The van der Waals surface area contributed by atoms with Gasteiger partial charge in [-0.1, -0.05) is 6.07 Å². The summed E-state index contributed by atoms with van der Waals surface area (Å²) >= 11 is 0. The Morgan fingerprint density at radius 1 is 1.40 bits per heavy atom. The third kappa shape index (κ3) is 3.86. The molecule has 2 rings (SSSR count). The average molecular weight is 275 g/mol. The maximum absolute atomic E-state index is 10.8. The van der Waals surface area contributed by atoms with Crippen LogP contribution < -0.4 is 10.1 Å². The molecule has 0 saturated carbocycles. The molecule has 20 heavy (non-hydrogen) atoms. The number of aromatic carboxylic acids is 1. The Kier molecular flexibility index (Phi) is 4.79. The molecular formula is C15H17NO4. The lowest BCUT2D eigenvalue weighted by molar-refractivity contribution is 0.0696. The fraction of sp³-hybridized carbons (Fsp3) is 0.267. The summed E-state index contributed by atoms with van der Waals surface area (Å²) < 4.78 is 10.8. The molecule has 0 aliphatic rings. The molecular weight excluding hydrogens is 258 g/mol. The minimum absolute atomic E-state index is 0.110. The standard InChI is InChI=1S/C15H17NO4/c1-11(14-6-3-8-20-14)16-7-9-19-13-5-2-4-12(10-13)15(17)18/h2-6,8,10-11,16H,7,9H2,1H3,(H,17,18)/t11-/m0/s1. The summed E-state index contributed by atoms with van der Waals surface area (Å²) in [7, 11) is 0. The summed E-state index contributed by atoms with van der Waals surface area (Å²) in [5.74, 6) is 0.468. The van der Waals surface area contributed by atoms with Crippen molar-refractivity contribution in [1.82, 2.24) is 5.32 Å². The van der Waals surface area contributed by atoms with E-state index in [2.05, 4.69) is 5.32 Å². The Labute approximate surface area is 117 Å². The molecule has 0 saturated heterocycles. The first-order chi connectivity index (χ1) is 9.66. The number of carbonyl (C=O) groups is 1. The highest BCUT2D eigenvalue weighted by molar-refractivity contribution is 5.87. The molecule has 5 heteroatoms. The number of hydrogen-bond acceptors (Lipinski definition) is 4. The first-order valence-corrected chi connectivity index (χ1v) is 6.40. The van der Waals surface area contributed by atoms with E-state index in [1.54, 1.807) is 18.4 Å². The lowest BCUT2D eigenvalue weighted by Gasteiger charge is -2.12. The molecule has 1 aromatic heterocycles. The average Bonchev–Trinajstić information content (AvgIpc) is 2.98. The minimum Gasteiger partial charge on any atom is -0.492 e. The van der Waals surface area contributed by atoms with Crippen LogP contribution >= 0.6 is 0 Å². The SMILES string of the molecule is C[C@H](NCCOc1cccc(C(=O)O)c1)c1ccco1. The maximum Gasteiger partial charge on any atom is 0.335 e. The summed E-state index contributed by atoms with van der Waals surface area (Å²) in [6.45, 7) is 3.09. The van der Waals surface area contributed by atoms with Crippen LogP contribution in [0, 0.1) is 0 Å². The van der Waals surface area contributed by atoms with Crippen molar-refractivity contribution in [2.75, 3.05) is 13.2 Å². The third-order valence-corrected chi connectivity index (χ3v) is 2.87. The fourth-order valence-electron chi connectivity index (χ4n) is 1.80. The summed E-state index contributed by atoms with van der Waals surface area (Å²) in [5, 5.41) is 12.1. The van der Waals surface area contributed by atoms with Crippen molar-refractivity contribution < 1.29 is 19.1 Å². The van der Waals surface area contributed by atoms with Crippen molar-refractivity contribution in [3.05, 3.63) is 54.0 Å². The molecule has 1 atom stereocenters. The van der Waals surface area contributed by atoms with Crippen LogP contribution in [0.1, 0.15) is 29.1 Å². The number of rotatable bonds is 7. The second-order valence-corrected chi connectivity index (χ2v) is 4.37. The van der Waals surface area contributed by atoms with Crippen molar-refractivity contribution in [3.63, 3.8) is 0 Å². The van der Waals surface area contributed by atoms with Crippen molar-refractivity contribution >= 4 is 5.97 Å². The fourth-order valence-corrected chi connectivity index (χ4v) is 1.80. The third-order valence-electron chi connectivity index (χ3n) is 2.87. The highest BCUT2D eigenvalue weighted by Crippen LogP contribution is 2.14. The second kappa shape index (κ2) is 6.77. The predicted molar refractivity (Wildman–Crippen MR) is 74.0 cm³/mol. The number of hydrogen-bond donors (Lipinski definition) is 2. The van der Waals surface area contributed by atoms with Gasteiger partial charge >= 0.3 is 5.97 Å². The lowest BCUT2D eigenvalue weighted by atomic mass is 10.2. The molecule has 0 aliphatic heterocycles. The second-order valence-electron chi connectivity index (χ2n) is 4.37. The zero-order valence-electron chi connectivity index (χ0n) is 11.2. The molecule has 0 aliphatic carbocycles. The van der Waals surface area contributed by atoms with Crippen LogP contribution in [-0.4, -0.2) is 24.2 Å².